The molecule has 0 saturated heterocycles. The number of carbonyl (C=O) groups excluding carboxylic acids is 1. The molecule has 1 N–H and O–H groups in total. The van der Waals surface area contributed by atoms with Crippen molar-refractivity contribution in [3.8, 4) is 28.5 Å². The van der Waals surface area contributed by atoms with Gasteiger partial charge in [-0.05, 0) is 24.3 Å². The predicted molar refractivity (Wildman–Crippen MR) is 102 cm³/mol. The van der Waals surface area contributed by atoms with E-state index in [2.05, 4.69) is 10.3 Å². The number of hydrogen-bond donors (Lipinski definition) is 1. The van der Waals surface area contributed by atoms with Gasteiger partial charge in [0.1, 0.15) is 5.82 Å². The highest BCUT2D eigenvalue weighted by molar-refractivity contribution is 7.14. The van der Waals surface area contributed by atoms with Gasteiger partial charge in [-0.1, -0.05) is 12.1 Å². The molecule has 6 nitrogen and oxygen atoms in total. The Kier molecular flexibility index (Phi) is 5.56. The maximum absolute atomic E-state index is 13.4. The highest BCUT2D eigenvalue weighted by Crippen LogP contribution is 2.40. The average molecular weight is 388 g/mol. The number of thiazole rings is 1. The van der Waals surface area contributed by atoms with Crippen molar-refractivity contribution in [1.82, 2.24) is 4.98 Å². The van der Waals surface area contributed by atoms with Gasteiger partial charge in [-0.3, -0.25) is 10.1 Å². The van der Waals surface area contributed by atoms with Crippen LogP contribution in [0.2, 0.25) is 0 Å². The number of benzene rings is 2. The first kappa shape index (κ1) is 18.7. The molecule has 0 unspecified atom stereocenters. The standard InChI is InChI=1S/C19H17FN2O4S/c1-24-15-8-7-13(16(25-2)17(15)26-3)18(23)22-19-21-14(10-27-19)11-5-4-6-12(20)9-11/h4-10H,1-3H3,(H,21,22,23). The molecule has 0 bridgehead atoms. The lowest BCUT2D eigenvalue weighted by molar-refractivity contribution is 0.102. The summed E-state index contributed by atoms with van der Waals surface area (Å²) in [4.78, 5) is 17.0. The van der Waals surface area contributed by atoms with Crippen molar-refractivity contribution in [2.75, 3.05) is 26.6 Å². The van der Waals surface area contributed by atoms with Crippen LogP contribution in [0, 0.1) is 5.82 Å². The van der Waals surface area contributed by atoms with E-state index in [0.717, 1.165) is 0 Å². The largest absolute Gasteiger partial charge is 0.493 e. The summed E-state index contributed by atoms with van der Waals surface area (Å²) in [5, 5.41) is 4.86. The second-order valence-electron chi connectivity index (χ2n) is 5.38. The number of aromatic nitrogens is 1. The highest BCUT2D eigenvalue weighted by atomic mass is 32.1. The van der Waals surface area contributed by atoms with E-state index in [1.54, 1.807) is 29.6 Å². The molecule has 0 spiro atoms. The number of nitrogens with one attached hydrogen (secondary N) is 1. The molecule has 2 aromatic carbocycles. The number of hydrogen-bond acceptors (Lipinski definition) is 6. The van der Waals surface area contributed by atoms with E-state index in [4.69, 9.17) is 14.2 Å². The molecule has 0 aliphatic rings. The SMILES string of the molecule is COc1ccc(C(=O)Nc2nc(-c3cccc(F)c3)cs2)c(OC)c1OC. The normalized spacial score (nSPS) is 10.4. The van der Waals surface area contributed by atoms with Gasteiger partial charge in [0, 0.05) is 10.9 Å². The second kappa shape index (κ2) is 8.05. The minimum atomic E-state index is -0.409. The van der Waals surface area contributed by atoms with Crippen molar-refractivity contribution < 1.29 is 23.4 Å². The van der Waals surface area contributed by atoms with Crippen LogP contribution in [0.25, 0.3) is 11.3 Å². The van der Waals surface area contributed by atoms with Crippen molar-refractivity contribution in [3.63, 3.8) is 0 Å². The number of rotatable bonds is 6. The van der Waals surface area contributed by atoms with E-state index in [0.29, 0.717) is 27.9 Å². The zero-order valence-corrected chi connectivity index (χ0v) is 15.7. The van der Waals surface area contributed by atoms with Crippen LogP contribution >= 0.6 is 11.3 Å². The molecule has 0 radical (unpaired) electrons. The van der Waals surface area contributed by atoms with E-state index in [9.17, 15) is 9.18 Å². The fourth-order valence-corrected chi connectivity index (χ4v) is 3.27. The molecule has 0 saturated carbocycles. The lowest BCUT2D eigenvalue weighted by atomic mass is 10.1. The van der Waals surface area contributed by atoms with Crippen molar-refractivity contribution in [2.45, 2.75) is 0 Å². The third-order valence-electron chi connectivity index (χ3n) is 3.79. The first-order chi connectivity index (χ1) is 13.1. The summed E-state index contributed by atoms with van der Waals surface area (Å²) in [7, 11) is 4.41. The first-order valence-electron chi connectivity index (χ1n) is 7.89. The molecule has 27 heavy (non-hydrogen) atoms. The number of nitrogens with zero attached hydrogens (tertiary/aromatic N) is 1. The molecular formula is C19H17FN2O4S. The second-order valence-corrected chi connectivity index (χ2v) is 6.24. The molecule has 0 aliphatic heterocycles. The van der Waals surface area contributed by atoms with Crippen LogP contribution in [0.3, 0.4) is 0 Å². The Morgan fingerprint density at radius 3 is 2.52 bits per heavy atom. The van der Waals surface area contributed by atoms with Gasteiger partial charge in [-0.25, -0.2) is 9.37 Å². The van der Waals surface area contributed by atoms with E-state index in [1.165, 1.54) is 44.8 Å². The van der Waals surface area contributed by atoms with Crippen LogP contribution in [0.5, 0.6) is 17.2 Å². The van der Waals surface area contributed by atoms with E-state index in [-0.39, 0.29) is 17.1 Å². The van der Waals surface area contributed by atoms with Gasteiger partial charge < -0.3 is 14.2 Å². The molecule has 140 valence electrons. The van der Waals surface area contributed by atoms with Crippen LogP contribution in [-0.4, -0.2) is 32.2 Å². The maximum atomic E-state index is 13.4. The smallest absolute Gasteiger partial charge is 0.261 e. The van der Waals surface area contributed by atoms with Gasteiger partial charge in [-0.2, -0.15) is 0 Å². The maximum Gasteiger partial charge on any atom is 0.261 e. The third kappa shape index (κ3) is 3.85. The fourth-order valence-electron chi connectivity index (χ4n) is 2.56. The predicted octanol–water partition coefficient (Wildman–Crippen LogP) is 4.23. The summed E-state index contributed by atoms with van der Waals surface area (Å²) in [6.07, 6.45) is 0. The topological polar surface area (TPSA) is 69.7 Å². The van der Waals surface area contributed by atoms with Crippen LogP contribution in [0.4, 0.5) is 9.52 Å². The molecule has 3 rings (SSSR count). The number of methoxy groups -OCH3 is 3. The molecule has 1 amide bonds. The Balaban J connectivity index is 1.86. The van der Waals surface area contributed by atoms with Crippen molar-refractivity contribution in [2.24, 2.45) is 0 Å². The van der Waals surface area contributed by atoms with Gasteiger partial charge >= 0.3 is 0 Å². The van der Waals surface area contributed by atoms with Gasteiger partial charge in [0.25, 0.3) is 5.91 Å². The summed E-state index contributed by atoms with van der Waals surface area (Å²) in [6.45, 7) is 0. The van der Waals surface area contributed by atoms with E-state index < -0.39 is 5.91 Å². The first-order valence-corrected chi connectivity index (χ1v) is 8.77. The Labute approximate surface area is 159 Å². The van der Waals surface area contributed by atoms with Gasteiger partial charge in [0.05, 0.1) is 32.6 Å². The quantitative estimate of drug-likeness (QED) is 0.684. The summed E-state index contributed by atoms with van der Waals surface area (Å²) in [6, 6.07) is 9.31. The molecule has 1 aromatic heterocycles. The van der Waals surface area contributed by atoms with Gasteiger partial charge in [0.2, 0.25) is 5.75 Å². The van der Waals surface area contributed by atoms with Crippen LogP contribution in [-0.2, 0) is 0 Å². The summed E-state index contributed by atoms with van der Waals surface area (Å²) >= 11 is 1.24. The number of ether oxygens (including phenoxy) is 3. The highest BCUT2D eigenvalue weighted by Gasteiger charge is 2.21. The average Bonchev–Trinajstić information content (AvgIpc) is 3.15. The van der Waals surface area contributed by atoms with Crippen molar-refractivity contribution in [1.29, 1.82) is 0 Å². The number of anilines is 1. The summed E-state index contributed by atoms with van der Waals surface area (Å²) in [5.41, 5.74) is 1.49. The lowest BCUT2D eigenvalue weighted by Gasteiger charge is -2.15. The lowest BCUT2D eigenvalue weighted by Crippen LogP contribution is -2.13. The summed E-state index contributed by atoms with van der Waals surface area (Å²) in [5.74, 6) is 0.283. The number of carbonyl (C=O) groups is 1. The van der Waals surface area contributed by atoms with Gasteiger partial charge in [-0.15, -0.1) is 11.3 Å². The minimum Gasteiger partial charge on any atom is -0.493 e. The van der Waals surface area contributed by atoms with E-state index in [1.807, 2.05) is 0 Å². The number of halogens is 1. The molecule has 0 fully saturated rings. The zero-order chi connectivity index (χ0) is 19.4. The molecule has 1 heterocycles. The Morgan fingerprint density at radius 1 is 1.07 bits per heavy atom. The van der Waals surface area contributed by atoms with Crippen LogP contribution in [0.15, 0.2) is 41.8 Å². The van der Waals surface area contributed by atoms with E-state index >= 15 is 0 Å². The van der Waals surface area contributed by atoms with Crippen molar-refractivity contribution in [3.05, 3.63) is 53.2 Å². The Hall–Kier alpha value is -3.13. The molecule has 0 aliphatic carbocycles. The molecule has 0 atom stereocenters. The Bertz CT molecular complexity index is 974. The molecule has 8 heteroatoms. The zero-order valence-electron chi connectivity index (χ0n) is 14.9. The third-order valence-corrected chi connectivity index (χ3v) is 4.55. The van der Waals surface area contributed by atoms with Crippen LogP contribution < -0.4 is 19.5 Å². The monoisotopic (exact) mass is 388 g/mol. The van der Waals surface area contributed by atoms with Gasteiger partial charge in [0.15, 0.2) is 16.6 Å². The van der Waals surface area contributed by atoms with Crippen molar-refractivity contribution >= 4 is 22.4 Å². The fraction of sp³-hybridized carbons (Fsp3) is 0.158. The molecular weight excluding hydrogens is 371 g/mol. The Morgan fingerprint density at radius 2 is 1.85 bits per heavy atom. The minimum absolute atomic E-state index is 0.260. The molecule has 3 aromatic rings. The van der Waals surface area contributed by atoms with Crippen LogP contribution in [0.1, 0.15) is 10.4 Å². The summed E-state index contributed by atoms with van der Waals surface area (Å²) < 4.78 is 29.2. The number of amides is 1.